The second-order valence-corrected chi connectivity index (χ2v) is 11.1. The van der Waals surface area contributed by atoms with Gasteiger partial charge in [0, 0.05) is 18.8 Å². The fourth-order valence-electron chi connectivity index (χ4n) is 8.52. The summed E-state index contributed by atoms with van der Waals surface area (Å²) in [5.74, 6) is 2.40. The first-order chi connectivity index (χ1) is 13.2. The highest BCUT2D eigenvalue weighted by molar-refractivity contribution is 5.79. The number of fused-ring (bicyclic) bond motifs is 5. The molecule has 0 aromatic carbocycles. The quantitative estimate of drug-likeness (QED) is 0.800. The number of hydrogen-bond acceptors (Lipinski definition) is 4. The number of aliphatic carboxylic acids is 1. The summed E-state index contributed by atoms with van der Waals surface area (Å²) in [5.41, 5.74) is 0.109. The molecule has 0 spiro atoms. The predicted molar refractivity (Wildman–Crippen MR) is 105 cm³/mol. The smallest absolute Gasteiger partial charge is 0.133 e. The maximum absolute atomic E-state index is 12.0. The van der Waals surface area contributed by atoms with E-state index in [1.165, 1.54) is 6.42 Å². The van der Waals surface area contributed by atoms with Gasteiger partial charge in [-0.05, 0) is 97.7 Å². The maximum atomic E-state index is 12.0. The largest absolute Gasteiger partial charge is 0.550 e. The summed E-state index contributed by atoms with van der Waals surface area (Å²) in [7, 11) is 0. The van der Waals surface area contributed by atoms with Crippen molar-refractivity contribution in [3.63, 3.8) is 0 Å². The van der Waals surface area contributed by atoms with Gasteiger partial charge in [-0.15, -0.1) is 0 Å². The van der Waals surface area contributed by atoms with E-state index < -0.39 is 5.97 Å². The van der Waals surface area contributed by atoms with Gasteiger partial charge in [-0.1, -0.05) is 20.8 Å². The predicted octanol–water partition coefficient (Wildman–Crippen LogP) is 3.35. The number of carbonyl (C=O) groups excluding carboxylic acids is 2. The summed E-state index contributed by atoms with van der Waals surface area (Å²) in [6.45, 7) is 6.88. The molecule has 0 radical (unpaired) electrons. The molecule has 158 valence electrons. The average molecular weight is 390 g/mol. The van der Waals surface area contributed by atoms with Gasteiger partial charge in [0.25, 0.3) is 0 Å². The molecule has 4 saturated carbocycles. The first-order valence-electron chi connectivity index (χ1n) is 11.6. The highest BCUT2D eigenvalue weighted by Crippen LogP contribution is 2.68. The summed E-state index contributed by atoms with van der Waals surface area (Å²) in [5, 5.41) is 22.4. The van der Waals surface area contributed by atoms with Crippen LogP contribution in [0.1, 0.15) is 85.0 Å². The van der Waals surface area contributed by atoms with Crippen molar-refractivity contribution in [1.29, 1.82) is 0 Å². The van der Waals surface area contributed by atoms with Crippen molar-refractivity contribution in [3.05, 3.63) is 0 Å². The zero-order valence-corrected chi connectivity index (χ0v) is 17.8. The Balaban J connectivity index is 1.57. The van der Waals surface area contributed by atoms with E-state index in [-0.39, 0.29) is 23.4 Å². The fourth-order valence-corrected chi connectivity index (χ4v) is 8.52. The Labute approximate surface area is 169 Å². The zero-order chi connectivity index (χ0) is 20.3. The molecule has 4 nitrogen and oxygen atoms in total. The van der Waals surface area contributed by atoms with Gasteiger partial charge in [0.05, 0.1) is 6.10 Å². The van der Waals surface area contributed by atoms with E-state index in [0.29, 0.717) is 47.7 Å². The molecule has 9 atom stereocenters. The molecule has 0 heterocycles. The third-order valence-corrected chi connectivity index (χ3v) is 10.2. The van der Waals surface area contributed by atoms with E-state index in [0.717, 1.165) is 44.9 Å². The number of Topliss-reactive ketones (excluding diaryl/α,β-unsaturated/α-hetero) is 1. The van der Waals surface area contributed by atoms with Crippen molar-refractivity contribution in [1.82, 2.24) is 0 Å². The van der Waals surface area contributed by atoms with E-state index in [1.807, 2.05) is 0 Å². The van der Waals surface area contributed by atoms with Crippen LogP contribution in [-0.4, -0.2) is 23.0 Å². The summed E-state index contributed by atoms with van der Waals surface area (Å²) >= 11 is 0. The summed E-state index contributed by atoms with van der Waals surface area (Å²) in [4.78, 5) is 23.0. The van der Waals surface area contributed by atoms with Crippen LogP contribution in [0.25, 0.3) is 0 Å². The maximum Gasteiger partial charge on any atom is 0.133 e. The molecule has 0 amide bonds. The number of ketones is 1. The van der Waals surface area contributed by atoms with Crippen molar-refractivity contribution < 1.29 is 19.8 Å². The van der Waals surface area contributed by atoms with Crippen LogP contribution in [-0.2, 0) is 9.59 Å². The fraction of sp³-hybridized carbons (Fsp3) is 0.917. The van der Waals surface area contributed by atoms with Gasteiger partial charge in [0.2, 0.25) is 0 Å². The van der Waals surface area contributed by atoms with E-state index in [1.54, 1.807) is 0 Å². The van der Waals surface area contributed by atoms with Crippen LogP contribution in [0.5, 0.6) is 0 Å². The highest BCUT2D eigenvalue weighted by atomic mass is 16.4. The number of aliphatic hydroxyl groups is 1. The first kappa shape index (κ1) is 20.4. The lowest BCUT2D eigenvalue weighted by molar-refractivity contribution is -0.306. The van der Waals surface area contributed by atoms with Gasteiger partial charge in [-0.25, -0.2) is 0 Å². The molecule has 0 aromatic rings. The minimum absolute atomic E-state index is 0.0970. The molecule has 0 unspecified atom stereocenters. The Bertz CT molecular complexity index is 645. The number of carboxylic acids is 1. The minimum Gasteiger partial charge on any atom is -0.550 e. The molecule has 0 saturated heterocycles. The molecule has 0 aliphatic heterocycles. The van der Waals surface area contributed by atoms with Gasteiger partial charge in [0.1, 0.15) is 5.78 Å². The lowest BCUT2D eigenvalue weighted by Gasteiger charge is -2.62. The van der Waals surface area contributed by atoms with Gasteiger partial charge in [-0.2, -0.15) is 0 Å². The normalized spacial score (nSPS) is 49.1. The monoisotopic (exact) mass is 389 g/mol. The number of aliphatic hydroxyl groups excluding tert-OH is 1. The van der Waals surface area contributed by atoms with Crippen LogP contribution in [0.4, 0.5) is 0 Å². The van der Waals surface area contributed by atoms with E-state index in [4.69, 9.17) is 0 Å². The Kier molecular flexibility index (Phi) is 5.17. The topological polar surface area (TPSA) is 77.4 Å². The molecule has 4 aliphatic carbocycles. The average Bonchev–Trinajstić information content (AvgIpc) is 3.00. The molecule has 1 N–H and O–H groups in total. The zero-order valence-electron chi connectivity index (χ0n) is 17.8. The van der Waals surface area contributed by atoms with Crippen molar-refractivity contribution in [3.8, 4) is 0 Å². The highest BCUT2D eigenvalue weighted by Gasteiger charge is 2.63. The summed E-state index contributed by atoms with van der Waals surface area (Å²) < 4.78 is 0. The van der Waals surface area contributed by atoms with Crippen molar-refractivity contribution in [2.45, 2.75) is 91.1 Å². The molecular formula is C24H37O4-. The SMILES string of the molecule is C[C@@H](CCC(=O)[O-])[C@H]1CC[C@@H]2[C@H]3CC[C@@H]4CC(=O)CC[C@]4(C)[C@H]3C[C@H](O)[C@@]21C. The number of hydrogen-bond donors (Lipinski definition) is 1. The third-order valence-electron chi connectivity index (χ3n) is 10.2. The van der Waals surface area contributed by atoms with Gasteiger partial charge < -0.3 is 15.0 Å². The van der Waals surface area contributed by atoms with Gasteiger partial charge in [0.15, 0.2) is 0 Å². The lowest BCUT2D eigenvalue weighted by atomic mass is 9.44. The molecule has 4 rings (SSSR count). The Morgan fingerprint density at radius 2 is 1.96 bits per heavy atom. The van der Waals surface area contributed by atoms with E-state index in [9.17, 15) is 19.8 Å². The minimum atomic E-state index is -0.964. The molecule has 4 aliphatic rings. The summed E-state index contributed by atoms with van der Waals surface area (Å²) in [6.07, 6.45) is 8.42. The van der Waals surface area contributed by atoms with Crippen LogP contribution in [0.2, 0.25) is 0 Å². The summed E-state index contributed by atoms with van der Waals surface area (Å²) in [6, 6.07) is 0. The first-order valence-corrected chi connectivity index (χ1v) is 11.6. The third kappa shape index (κ3) is 2.97. The van der Waals surface area contributed by atoms with Crippen molar-refractivity contribution in [2.24, 2.45) is 46.3 Å². The van der Waals surface area contributed by atoms with Crippen LogP contribution in [0.3, 0.4) is 0 Å². The van der Waals surface area contributed by atoms with Gasteiger partial charge >= 0.3 is 0 Å². The van der Waals surface area contributed by atoms with Crippen LogP contribution >= 0.6 is 0 Å². The van der Waals surface area contributed by atoms with Crippen LogP contribution < -0.4 is 5.11 Å². The standard InChI is InChI=1S/C24H38O4/c1-14(4-9-22(27)28)18-7-8-19-17-6-5-15-12-16(25)10-11-23(15,2)20(17)13-21(26)24(18,19)3/h14-15,17-21,26H,4-13H2,1-3H3,(H,27,28)/p-1/t14-,15+,17+,18+,19+,20-,21-,23-,24+/m0/s1. The molecule has 4 heteroatoms. The number of carbonyl (C=O) groups is 2. The Hall–Kier alpha value is -0.900. The Morgan fingerprint density at radius 1 is 1.21 bits per heavy atom. The van der Waals surface area contributed by atoms with Crippen LogP contribution in [0, 0.1) is 46.3 Å². The molecule has 4 fully saturated rings. The number of carboxylic acid groups (broad SMARTS) is 1. The van der Waals surface area contributed by atoms with Crippen LogP contribution in [0.15, 0.2) is 0 Å². The molecular weight excluding hydrogens is 352 g/mol. The molecule has 0 aromatic heterocycles. The molecule has 0 bridgehead atoms. The Morgan fingerprint density at radius 3 is 2.68 bits per heavy atom. The number of rotatable bonds is 4. The second kappa shape index (κ2) is 7.11. The lowest BCUT2D eigenvalue weighted by Crippen LogP contribution is -2.58. The second-order valence-electron chi connectivity index (χ2n) is 11.1. The van der Waals surface area contributed by atoms with E-state index in [2.05, 4.69) is 20.8 Å². The van der Waals surface area contributed by atoms with Crippen molar-refractivity contribution >= 4 is 11.8 Å². The van der Waals surface area contributed by atoms with Gasteiger partial charge in [-0.3, -0.25) is 4.79 Å². The molecule has 28 heavy (non-hydrogen) atoms. The van der Waals surface area contributed by atoms with Crippen molar-refractivity contribution in [2.75, 3.05) is 0 Å². The van der Waals surface area contributed by atoms with E-state index >= 15 is 0 Å².